The van der Waals surface area contributed by atoms with Crippen molar-refractivity contribution < 1.29 is 14.8 Å². The molecule has 0 aliphatic heterocycles. The molecule has 0 fully saturated rings. The SMILES string of the molecule is O=C([O-])c1ccc(-n2c(/C=C/c3ccc([N+](=O)[O-])cc3)nc3ccccc3c2=O)cc1. The molecule has 0 atom stereocenters. The number of hydrogen-bond donors (Lipinski definition) is 0. The maximum Gasteiger partial charge on any atom is 0.269 e. The lowest BCUT2D eigenvalue weighted by atomic mass is 10.1. The van der Waals surface area contributed by atoms with Gasteiger partial charge in [0.15, 0.2) is 0 Å². The van der Waals surface area contributed by atoms with Gasteiger partial charge in [-0.2, -0.15) is 0 Å². The number of carboxylic acid groups (broad SMARTS) is 1. The van der Waals surface area contributed by atoms with E-state index in [0.717, 1.165) is 0 Å². The first-order valence-corrected chi connectivity index (χ1v) is 9.20. The van der Waals surface area contributed by atoms with Crippen LogP contribution in [0.15, 0.2) is 77.6 Å². The van der Waals surface area contributed by atoms with Gasteiger partial charge in [-0.05, 0) is 53.6 Å². The summed E-state index contributed by atoms with van der Waals surface area (Å²) in [5.74, 6) is -0.989. The smallest absolute Gasteiger partial charge is 0.269 e. The maximum atomic E-state index is 13.2. The Morgan fingerprint density at radius 1 is 0.935 bits per heavy atom. The van der Waals surface area contributed by atoms with E-state index in [1.54, 1.807) is 48.6 Å². The van der Waals surface area contributed by atoms with Crippen LogP contribution in [0.3, 0.4) is 0 Å². The molecule has 0 saturated heterocycles. The summed E-state index contributed by atoms with van der Waals surface area (Å²) in [7, 11) is 0. The van der Waals surface area contributed by atoms with Gasteiger partial charge in [0.25, 0.3) is 11.2 Å². The highest BCUT2D eigenvalue weighted by molar-refractivity contribution is 5.86. The standard InChI is InChI=1S/C23H15N3O5/c27-22-19-3-1-2-4-20(19)24-21(14-7-15-5-10-18(11-6-15)26(30)31)25(22)17-12-8-16(9-13-17)23(28)29/h1-14H,(H,28,29)/p-1/b14-7+. The van der Waals surface area contributed by atoms with E-state index >= 15 is 0 Å². The molecule has 0 radical (unpaired) electrons. The number of aromatic nitrogens is 2. The Bertz CT molecular complexity index is 1390. The van der Waals surface area contributed by atoms with E-state index in [1.165, 1.54) is 41.0 Å². The summed E-state index contributed by atoms with van der Waals surface area (Å²) in [6, 6.07) is 18.6. The quantitative estimate of drug-likeness (QED) is 0.367. The van der Waals surface area contributed by atoms with Crippen LogP contribution in [0.25, 0.3) is 28.7 Å². The number of benzene rings is 3. The zero-order valence-electron chi connectivity index (χ0n) is 16.0. The molecule has 152 valence electrons. The molecule has 0 saturated carbocycles. The van der Waals surface area contributed by atoms with Gasteiger partial charge in [0.05, 0.1) is 27.5 Å². The van der Waals surface area contributed by atoms with Crippen LogP contribution in [0.2, 0.25) is 0 Å². The summed E-state index contributed by atoms with van der Waals surface area (Å²) in [4.78, 5) is 39.1. The number of nitro benzene ring substituents is 1. The molecule has 0 N–H and O–H groups in total. The number of nitrogens with zero attached hydrogens (tertiary/aromatic N) is 3. The lowest BCUT2D eigenvalue weighted by Gasteiger charge is -2.12. The van der Waals surface area contributed by atoms with Gasteiger partial charge in [-0.1, -0.05) is 30.3 Å². The number of rotatable bonds is 5. The molecule has 3 aromatic carbocycles. The van der Waals surface area contributed by atoms with Crippen molar-refractivity contribution in [3.63, 3.8) is 0 Å². The van der Waals surface area contributed by atoms with Gasteiger partial charge in [-0.3, -0.25) is 19.5 Å². The van der Waals surface area contributed by atoms with Gasteiger partial charge in [-0.15, -0.1) is 0 Å². The van der Waals surface area contributed by atoms with Gasteiger partial charge >= 0.3 is 0 Å². The number of nitro groups is 1. The first-order chi connectivity index (χ1) is 14.9. The van der Waals surface area contributed by atoms with Gasteiger partial charge in [0.2, 0.25) is 0 Å². The highest BCUT2D eigenvalue weighted by atomic mass is 16.6. The summed E-state index contributed by atoms with van der Waals surface area (Å²) in [5.41, 5.74) is 1.30. The number of para-hydroxylation sites is 1. The van der Waals surface area contributed by atoms with Crippen molar-refractivity contribution in [3.05, 3.63) is 110 Å². The van der Waals surface area contributed by atoms with Crippen LogP contribution in [0.5, 0.6) is 0 Å². The molecule has 0 aliphatic rings. The molecule has 31 heavy (non-hydrogen) atoms. The number of hydrogen-bond acceptors (Lipinski definition) is 6. The topological polar surface area (TPSA) is 118 Å². The minimum atomic E-state index is -1.31. The second-order valence-electron chi connectivity index (χ2n) is 6.64. The molecule has 8 nitrogen and oxygen atoms in total. The van der Waals surface area contributed by atoms with E-state index in [1.807, 2.05) is 0 Å². The Morgan fingerprint density at radius 3 is 2.26 bits per heavy atom. The first-order valence-electron chi connectivity index (χ1n) is 9.20. The van der Waals surface area contributed by atoms with E-state index in [0.29, 0.717) is 28.0 Å². The van der Waals surface area contributed by atoms with Crippen LogP contribution >= 0.6 is 0 Å². The molecular formula is C23H14N3O5-. The van der Waals surface area contributed by atoms with Gasteiger partial charge in [-0.25, -0.2) is 4.98 Å². The van der Waals surface area contributed by atoms with Gasteiger partial charge < -0.3 is 9.90 Å². The normalized spacial score (nSPS) is 11.1. The first kappa shape index (κ1) is 19.7. The number of carboxylic acids is 1. The third kappa shape index (κ3) is 3.95. The third-order valence-corrected chi connectivity index (χ3v) is 4.69. The van der Waals surface area contributed by atoms with Crippen LogP contribution < -0.4 is 10.7 Å². The molecular weight excluding hydrogens is 398 g/mol. The Labute approximate surface area is 175 Å². The molecule has 0 unspecified atom stereocenters. The summed E-state index contributed by atoms with van der Waals surface area (Å²) >= 11 is 0. The second-order valence-corrected chi connectivity index (χ2v) is 6.64. The fourth-order valence-electron chi connectivity index (χ4n) is 3.14. The van der Waals surface area contributed by atoms with Crippen LogP contribution in [0, 0.1) is 10.1 Å². The predicted octanol–water partition coefficient (Wildman–Crippen LogP) is 2.83. The van der Waals surface area contributed by atoms with Crippen molar-refractivity contribution in [2.75, 3.05) is 0 Å². The average molecular weight is 412 g/mol. The monoisotopic (exact) mass is 412 g/mol. The van der Waals surface area contributed by atoms with Crippen molar-refractivity contribution in [1.29, 1.82) is 0 Å². The van der Waals surface area contributed by atoms with Crippen molar-refractivity contribution in [3.8, 4) is 5.69 Å². The van der Waals surface area contributed by atoms with E-state index in [-0.39, 0.29) is 16.8 Å². The molecule has 0 spiro atoms. The van der Waals surface area contributed by atoms with Crippen LogP contribution in [0.4, 0.5) is 5.69 Å². The summed E-state index contributed by atoms with van der Waals surface area (Å²) < 4.78 is 1.38. The number of carbonyl (C=O) groups is 1. The van der Waals surface area contributed by atoms with Crippen LogP contribution in [0.1, 0.15) is 21.7 Å². The molecule has 0 aliphatic carbocycles. The maximum absolute atomic E-state index is 13.2. The lowest BCUT2D eigenvalue weighted by Crippen LogP contribution is -2.24. The molecule has 4 rings (SSSR count). The Hall–Kier alpha value is -4.59. The Morgan fingerprint density at radius 2 is 1.61 bits per heavy atom. The van der Waals surface area contributed by atoms with Crippen LogP contribution in [-0.2, 0) is 0 Å². The zero-order chi connectivity index (χ0) is 22.0. The van der Waals surface area contributed by atoms with Gasteiger partial charge in [0, 0.05) is 12.1 Å². The fraction of sp³-hybridized carbons (Fsp3) is 0. The Balaban J connectivity index is 1.85. The molecule has 8 heteroatoms. The van der Waals surface area contributed by atoms with Crippen LogP contribution in [-0.4, -0.2) is 20.4 Å². The number of aromatic carboxylic acids is 1. The molecule has 4 aromatic rings. The Kier molecular flexibility index (Phi) is 5.11. The summed E-state index contributed by atoms with van der Waals surface area (Å²) in [6.45, 7) is 0. The molecule has 1 aromatic heterocycles. The van der Waals surface area contributed by atoms with E-state index in [9.17, 15) is 24.8 Å². The van der Waals surface area contributed by atoms with Crippen molar-refractivity contribution >= 4 is 34.7 Å². The average Bonchev–Trinajstić information content (AvgIpc) is 2.78. The van der Waals surface area contributed by atoms with Crippen molar-refractivity contribution in [1.82, 2.24) is 9.55 Å². The van der Waals surface area contributed by atoms with E-state index in [4.69, 9.17) is 0 Å². The zero-order valence-corrected chi connectivity index (χ0v) is 16.0. The highest BCUT2D eigenvalue weighted by Gasteiger charge is 2.11. The minimum Gasteiger partial charge on any atom is -0.545 e. The predicted molar refractivity (Wildman–Crippen MR) is 114 cm³/mol. The largest absolute Gasteiger partial charge is 0.545 e. The lowest BCUT2D eigenvalue weighted by molar-refractivity contribution is -0.384. The van der Waals surface area contributed by atoms with E-state index in [2.05, 4.69) is 4.98 Å². The molecule has 0 amide bonds. The second kappa shape index (κ2) is 8.03. The van der Waals surface area contributed by atoms with Gasteiger partial charge in [0.1, 0.15) is 5.82 Å². The minimum absolute atomic E-state index is 0.00600. The summed E-state index contributed by atoms with van der Waals surface area (Å²) in [6.07, 6.45) is 3.31. The highest BCUT2D eigenvalue weighted by Crippen LogP contribution is 2.17. The molecule has 0 bridgehead atoms. The fourth-order valence-corrected chi connectivity index (χ4v) is 3.14. The van der Waals surface area contributed by atoms with E-state index < -0.39 is 10.9 Å². The van der Waals surface area contributed by atoms with Crippen molar-refractivity contribution in [2.24, 2.45) is 0 Å². The number of fused-ring (bicyclic) bond motifs is 1. The molecule has 1 heterocycles. The summed E-state index contributed by atoms with van der Waals surface area (Å²) in [5, 5.41) is 22.3. The number of carbonyl (C=O) groups excluding carboxylic acids is 1. The number of non-ortho nitro benzene ring substituents is 1. The third-order valence-electron chi connectivity index (χ3n) is 4.69. The van der Waals surface area contributed by atoms with Crippen molar-refractivity contribution in [2.45, 2.75) is 0 Å².